The van der Waals surface area contributed by atoms with Crippen molar-refractivity contribution in [2.45, 2.75) is 0 Å². The van der Waals surface area contributed by atoms with Gasteiger partial charge in [0.1, 0.15) is 0 Å². The van der Waals surface area contributed by atoms with Gasteiger partial charge in [-0.15, -0.1) is 0 Å². The zero-order valence-corrected chi connectivity index (χ0v) is 12.7. The summed E-state index contributed by atoms with van der Waals surface area (Å²) in [5.74, 6) is -8.00. The fourth-order valence-corrected chi connectivity index (χ4v) is 1.83. The van der Waals surface area contributed by atoms with Crippen molar-refractivity contribution in [1.82, 2.24) is 0 Å². The zero-order valence-electron chi connectivity index (χ0n) is 12.7. The molecule has 0 aromatic heterocycles. The monoisotopic (exact) mass is 352 g/mol. The van der Waals surface area contributed by atoms with Crippen LogP contribution in [0, 0.1) is 17.5 Å². The highest BCUT2D eigenvalue weighted by molar-refractivity contribution is 6.43. The number of hydrogen-bond donors (Lipinski definition) is 2. The van der Waals surface area contributed by atoms with E-state index in [0.717, 1.165) is 6.07 Å². The zero-order chi connectivity index (χ0) is 18.6. The van der Waals surface area contributed by atoms with E-state index in [4.69, 9.17) is 0 Å². The molecule has 0 saturated carbocycles. The number of benzene rings is 2. The maximum atomic E-state index is 13.5. The molecule has 2 aromatic rings. The number of halogens is 3. The van der Waals surface area contributed by atoms with Gasteiger partial charge in [-0.3, -0.25) is 9.59 Å². The first-order valence-corrected chi connectivity index (χ1v) is 6.77. The van der Waals surface area contributed by atoms with Gasteiger partial charge in [0.25, 0.3) is 0 Å². The van der Waals surface area contributed by atoms with Crippen molar-refractivity contribution in [1.29, 1.82) is 0 Å². The largest absolute Gasteiger partial charge is 0.465 e. The lowest BCUT2D eigenvalue weighted by molar-refractivity contribution is -0.133. The van der Waals surface area contributed by atoms with Crippen molar-refractivity contribution in [3.63, 3.8) is 0 Å². The lowest BCUT2D eigenvalue weighted by Gasteiger charge is -2.08. The molecule has 0 radical (unpaired) electrons. The SMILES string of the molecule is COC(=O)c1cccc(NC(=O)C(=O)Nc2ccc(F)c(F)c2F)c1. The van der Waals surface area contributed by atoms with Crippen molar-refractivity contribution in [3.05, 3.63) is 59.4 Å². The first kappa shape index (κ1) is 18.0. The minimum atomic E-state index is -1.77. The van der Waals surface area contributed by atoms with Crippen LogP contribution in [0.3, 0.4) is 0 Å². The van der Waals surface area contributed by atoms with Crippen molar-refractivity contribution >= 4 is 29.2 Å². The Hall–Kier alpha value is -3.36. The maximum absolute atomic E-state index is 13.5. The molecule has 0 heterocycles. The van der Waals surface area contributed by atoms with Gasteiger partial charge in [-0.1, -0.05) is 6.07 Å². The van der Waals surface area contributed by atoms with Gasteiger partial charge in [-0.25, -0.2) is 18.0 Å². The summed E-state index contributed by atoms with van der Waals surface area (Å²) in [5.41, 5.74) is -0.455. The van der Waals surface area contributed by atoms with Gasteiger partial charge in [0.2, 0.25) is 0 Å². The Labute approximate surface area is 139 Å². The van der Waals surface area contributed by atoms with E-state index in [1.807, 2.05) is 5.32 Å². The molecule has 0 bridgehead atoms. The lowest BCUT2D eigenvalue weighted by Crippen LogP contribution is -2.29. The van der Waals surface area contributed by atoms with Crippen LogP contribution in [0.15, 0.2) is 36.4 Å². The Morgan fingerprint density at radius 1 is 0.920 bits per heavy atom. The van der Waals surface area contributed by atoms with Crippen LogP contribution in [-0.2, 0) is 14.3 Å². The molecular formula is C16H11F3N2O4. The summed E-state index contributed by atoms with van der Waals surface area (Å²) in [6.45, 7) is 0. The fraction of sp³-hybridized carbons (Fsp3) is 0.0625. The molecule has 2 rings (SSSR count). The number of nitrogens with one attached hydrogen (secondary N) is 2. The highest BCUT2D eigenvalue weighted by atomic mass is 19.2. The predicted molar refractivity (Wildman–Crippen MR) is 81.4 cm³/mol. The average molecular weight is 352 g/mol. The third-order valence-corrected chi connectivity index (χ3v) is 3.03. The Balaban J connectivity index is 2.10. The lowest BCUT2D eigenvalue weighted by atomic mass is 10.2. The van der Waals surface area contributed by atoms with Crippen LogP contribution in [-0.4, -0.2) is 24.9 Å². The number of amides is 2. The van der Waals surface area contributed by atoms with Crippen LogP contribution in [0.4, 0.5) is 24.5 Å². The quantitative estimate of drug-likeness (QED) is 0.505. The molecule has 25 heavy (non-hydrogen) atoms. The van der Waals surface area contributed by atoms with Crippen molar-refractivity contribution < 1.29 is 32.3 Å². The van der Waals surface area contributed by atoms with E-state index in [-0.39, 0.29) is 11.3 Å². The van der Waals surface area contributed by atoms with Gasteiger partial charge < -0.3 is 15.4 Å². The molecule has 0 atom stereocenters. The van der Waals surface area contributed by atoms with E-state index in [1.165, 1.54) is 31.4 Å². The second-order valence-electron chi connectivity index (χ2n) is 4.70. The van der Waals surface area contributed by atoms with Crippen LogP contribution >= 0.6 is 0 Å². The van der Waals surface area contributed by atoms with Gasteiger partial charge >= 0.3 is 17.8 Å². The minimum absolute atomic E-state index is 0.105. The number of carbonyl (C=O) groups excluding carboxylic acids is 3. The van der Waals surface area contributed by atoms with E-state index in [1.54, 1.807) is 0 Å². The molecule has 0 saturated heterocycles. The molecule has 0 aliphatic rings. The minimum Gasteiger partial charge on any atom is -0.465 e. The third-order valence-electron chi connectivity index (χ3n) is 3.03. The van der Waals surface area contributed by atoms with Crippen molar-refractivity contribution in [3.8, 4) is 0 Å². The summed E-state index contributed by atoms with van der Waals surface area (Å²) in [5, 5.41) is 4.00. The molecule has 0 fully saturated rings. The summed E-state index contributed by atoms with van der Waals surface area (Å²) < 4.78 is 43.9. The number of carbonyl (C=O) groups is 3. The summed E-state index contributed by atoms with van der Waals surface area (Å²) in [7, 11) is 1.18. The van der Waals surface area contributed by atoms with Crippen molar-refractivity contribution in [2.24, 2.45) is 0 Å². The molecule has 2 amide bonds. The van der Waals surface area contributed by atoms with E-state index < -0.39 is 40.9 Å². The van der Waals surface area contributed by atoms with Gasteiger partial charge in [0, 0.05) is 5.69 Å². The van der Waals surface area contributed by atoms with Gasteiger partial charge in [-0.05, 0) is 30.3 Å². The number of esters is 1. The van der Waals surface area contributed by atoms with Crippen LogP contribution in [0.25, 0.3) is 0 Å². The molecule has 0 aliphatic heterocycles. The number of ether oxygens (including phenoxy) is 1. The van der Waals surface area contributed by atoms with Crippen molar-refractivity contribution in [2.75, 3.05) is 17.7 Å². The maximum Gasteiger partial charge on any atom is 0.337 e. The Bertz CT molecular complexity index is 855. The smallest absolute Gasteiger partial charge is 0.337 e. The van der Waals surface area contributed by atoms with Gasteiger partial charge in [0.15, 0.2) is 17.5 Å². The molecule has 130 valence electrons. The molecule has 0 spiro atoms. The highest BCUT2D eigenvalue weighted by Gasteiger charge is 2.19. The topological polar surface area (TPSA) is 84.5 Å². The van der Waals surface area contributed by atoms with Gasteiger partial charge in [-0.2, -0.15) is 0 Å². The summed E-state index contributed by atoms with van der Waals surface area (Å²) in [4.78, 5) is 34.9. The molecule has 2 N–H and O–H groups in total. The third kappa shape index (κ3) is 4.14. The average Bonchev–Trinajstić information content (AvgIpc) is 2.61. The normalized spacial score (nSPS) is 10.1. The summed E-state index contributed by atoms with van der Waals surface area (Å²) in [6, 6.07) is 6.90. The van der Waals surface area contributed by atoms with E-state index in [2.05, 4.69) is 10.1 Å². The van der Waals surface area contributed by atoms with Crippen LogP contribution in [0.1, 0.15) is 10.4 Å². The molecule has 9 heteroatoms. The van der Waals surface area contributed by atoms with Crippen LogP contribution in [0.2, 0.25) is 0 Å². The Morgan fingerprint density at radius 3 is 2.28 bits per heavy atom. The molecule has 0 aliphatic carbocycles. The second-order valence-corrected chi connectivity index (χ2v) is 4.70. The number of rotatable bonds is 3. The molecule has 2 aromatic carbocycles. The van der Waals surface area contributed by atoms with Gasteiger partial charge in [0.05, 0.1) is 18.4 Å². The Morgan fingerprint density at radius 2 is 1.60 bits per heavy atom. The molecule has 0 unspecified atom stereocenters. The van der Waals surface area contributed by atoms with Crippen LogP contribution < -0.4 is 10.6 Å². The number of hydrogen-bond acceptors (Lipinski definition) is 4. The van der Waals surface area contributed by atoms with E-state index in [0.29, 0.717) is 6.07 Å². The summed E-state index contributed by atoms with van der Waals surface area (Å²) >= 11 is 0. The molecule has 6 nitrogen and oxygen atoms in total. The first-order valence-electron chi connectivity index (χ1n) is 6.77. The fourth-order valence-electron chi connectivity index (χ4n) is 1.83. The molecular weight excluding hydrogens is 341 g/mol. The number of anilines is 2. The van der Waals surface area contributed by atoms with E-state index in [9.17, 15) is 27.6 Å². The second kappa shape index (κ2) is 7.47. The first-order chi connectivity index (χ1) is 11.8. The predicted octanol–water partition coefficient (Wildman–Crippen LogP) is 2.47. The van der Waals surface area contributed by atoms with E-state index >= 15 is 0 Å². The standard InChI is InChI=1S/C16H11F3N2O4/c1-25-16(24)8-3-2-4-9(7-8)20-14(22)15(23)21-11-6-5-10(17)12(18)13(11)19/h2-7H,1H3,(H,20,22)(H,21,23). The Kier molecular flexibility index (Phi) is 5.38. The summed E-state index contributed by atoms with van der Waals surface area (Å²) in [6.07, 6.45) is 0. The number of methoxy groups -OCH3 is 1. The highest BCUT2D eigenvalue weighted by Crippen LogP contribution is 2.19. The van der Waals surface area contributed by atoms with Crippen LogP contribution in [0.5, 0.6) is 0 Å².